The monoisotopic (exact) mass is 380 g/mol. The third-order valence-electron chi connectivity index (χ3n) is 3.23. The molecule has 10 heteroatoms. The van der Waals surface area contributed by atoms with Crippen molar-refractivity contribution in [3.63, 3.8) is 0 Å². The van der Waals surface area contributed by atoms with Gasteiger partial charge in [0.2, 0.25) is 0 Å². The van der Waals surface area contributed by atoms with Gasteiger partial charge in [0.05, 0.1) is 30.2 Å². The smallest absolute Gasteiger partial charge is 0.337 e. The molecule has 0 bridgehead atoms. The van der Waals surface area contributed by atoms with Crippen LogP contribution in [0.1, 0.15) is 18.3 Å². The second kappa shape index (κ2) is 9.18. The lowest BCUT2D eigenvalue weighted by Gasteiger charge is -2.21. The highest BCUT2D eigenvalue weighted by Crippen LogP contribution is 2.15. The van der Waals surface area contributed by atoms with Gasteiger partial charge in [-0.1, -0.05) is 11.8 Å². The maximum atomic E-state index is 11.9. The van der Waals surface area contributed by atoms with E-state index in [0.29, 0.717) is 5.16 Å². The summed E-state index contributed by atoms with van der Waals surface area (Å²) in [6.07, 6.45) is 0. The number of esters is 2. The molecule has 0 unspecified atom stereocenters. The molecule has 2 rings (SSSR count). The van der Waals surface area contributed by atoms with Gasteiger partial charge in [0.1, 0.15) is 6.61 Å². The molecule has 2 heterocycles. The maximum absolute atomic E-state index is 11.9. The maximum Gasteiger partial charge on any atom is 0.337 e. The van der Waals surface area contributed by atoms with Crippen molar-refractivity contribution in [2.45, 2.75) is 25.9 Å². The minimum Gasteiger partial charge on any atom is -0.463 e. The molecular weight excluding hydrogens is 360 g/mol. The van der Waals surface area contributed by atoms with Gasteiger partial charge in [-0.05, 0) is 26.8 Å². The second-order valence-corrected chi connectivity index (χ2v) is 6.31. The molecule has 26 heavy (non-hydrogen) atoms. The lowest BCUT2D eigenvalue weighted by molar-refractivity contribution is -0.141. The first-order chi connectivity index (χ1) is 12.4. The number of aryl methyl sites for hydroxylation is 2. The molecule has 0 fully saturated rings. The van der Waals surface area contributed by atoms with Crippen LogP contribution in [0.2, 0.25) is 0 Å². The van der Waals surface area contributed by atoms with Crippen LogP contribution in [0.25, 0.3) is 0 Å². The molecule has 1 aliphatic rings. The Morgan fingerprint density at radius 2 is 1.92 bits per heavy atom. The number of carbonyl (C=O) groups is 3. The number of rotatable bonds is 7. The highest BCUT2D eigenvalue weighted by atomic mass is 32.2. The Bertz CT molecular complexity index is 730. The Labute approximate surface area is 154 Å². The fourth-order valence-corrected chi connectivity index (χ4v) is 2.89. The van der Waals surface area contributed by atoms with Gasteiger partial charge in [0.25, 0.3) is 0 Å². The number of carbonyl (C=O) groups excluding carboxylic acids is 3. The lowest BCUT2D eigenvalue weighted by Crippen LogP contribution is -2.45. The average Bonchev–Trinajstić information content (AvgIpc) is 2.57. The molecule has 9 nitrogen and oxygen atoms in total. The van der Waals surface area contributed by atoms with Crippen LogP contribution in [0.4, 0.5) is 4.79 Å². The topological polar surface area (TPSA) is 120 Å². The van der Waals surface area contributed by atoms with E-state index in [2.05, 4.69) is 20.6 Å². The minimum absolute atomic E-state index is 0.0110. The van der Waals surface area contributed by atoms with E-state index in [9.17, 15) is 14.4 Å². The summed E-state index contributed by atoms with van der Waals surface area (Å²) in [4.78, 5) is 43.8. The lowest BCUT2D eigenvalue weighted by atomic mass is 10.2. The third kappa shape index (κ3) is 5.73. The summed E-state index contributed by atoms with van der Waals surface area (Å²) in [6.45, 7) is 5.37. The fourth-order valence-electron chi connectivity index (χ4n) is 2.14. The Kier molecular flexibility index (Phi) is 6.96. The Morgan fingerprint density at radius 3 is 2.58 bits per heavy atom. The zero-order valence-corrected chi connectivity index (χ0v) is 15.6. The predicted molar refractivity (Wildman–Crippen MR) is 93.4 cm³/mol. The molecule has 0 spiro atoms. The molecule has 1 aliphatic heterocycles. The summed E-state index contributed by atoms with van der Waals surface area (Å²) in [5.41, 5.74) is 2.07. The van der Waals surface area contributed by atoms with Crippen LogP contribution in [0.3, 0.4) is 0 Å². The number of ether oxygens (including phenoxy) is 2. The largest absolute Gasteiger partial charge is 0.463 e. The quantitative estimate of drug-likeness (QED) is 0.406. The second-order valence-electron chi connectivity index (χ2n) is 5.37. The van der Waals surface area contributed by atoms with E-state index >= 15 is 0 Å². The summed E-state index contributed by atoms with van der Waals surface area (Å²) in [5.74, 6) is -1.07. The Morgan fingerprint density at radius 1 is 1.23 bits per heavy atom. The molecule has 1 aromatic heterocycles. The van der Waals surface area contributed by atoms with Crippen LogP contribution in [0.5, 0.6) is 0 Å². The van der Waals surface area contributed by atoms with Crippen molar-refractivity contribution in [3.05, 3.63) is 28.7 Å². The van der Waals surface area contributed by atoms with Crippen LogP contribution in [0.15, 0.2) is 22.5 Å². The van der Waals surface area contributed by atoms with E-state index in [4.69, 9.17) is 9.47 Å². The van der Waals surface area contributed by atoms with E-state index in [1.165, 1.54) is 0 Å². The van der Waals surface area contributed by atoms with Crippen LogP contribution in [0, 0.1) is 13.8 Å². The van der Waals surface area contributed by atoms with E-state index in [-0.39, 0.29) is 36.8 Å². The first-order valence-electron chi connectivity index (χ1n) is 7.93. The van der Waals surface area contributed by atoms with Gasteiger partial charge in [-0.3, -0.25) is 4.79 Å². The molecule has 0 radical (unpaired) electrons. The van der Waals surface area contributed by atoms with Crippen LogP contribution >= 0.6 is 11.8 Å². The first kappa shape index (κ1) is 19.7. The van der Waals surface area contributed by atoms with E-state index in [1.54, 1.807) is 6.92 Å². The number of hydrogen-bond donors (Lipinski definition) is 2. The van der Waals surface area contributed by atoms with Crippen LogP contribution in [-0.2, 0) is 19.1 Å². The molecule has 0 aliphatic carbocycles. The number of thioether (sulfide) groups is 1. The molecule has 1 aromatic rings. The Hall–Kier alpha value is -2.62. The highest BCUT2D eigenvalue weighted by Gasteiger charge is 2.24. The van der Waals surface area contributed by atoms with Gasteiger partial charge in [-0.25, -0.2) is 19.6 Å². The normalized spacial score (nSPS) is 13.7. The number of amides is 2. The number of nitrogens with zero attached hydrogens (tertiary/aromatic N) is 2. The van der Waals surface area contributed by atoms with Crippen LogP contribution in [-0.4, -0.2) is 53.4 Å². The zero-order chi connectivity index (χ0) is 19.1. The standard InChI is InChI=1S/C16H20N4O5S/c1-4-24-14(22)11-6-17-15(23)20-12(11)7-25-13(21)8-26-16-18-9(2)5-10(3)19-16/h5H,4,6-8H2,1-3H3,(H2,17,20,23). The van der Waals surface area contributed by atoms with Gasteiger partial charge in [0.15, 0.2) is 5.16 Å². The van der Waals surface area contributed by atoms with E-state index in [0.717, 1.165) is 23.1 Å². The van der Waals surface area contributed by atoms with Gasteiger partial charge in [-0.15, -0.1) is 0 Å². The van der Waals surface area contributed by atoms with E-state index in [1.807, 2.05) is 19.9 Å². The third-order valence-corrected chi connectivity index (χ3v) is 4.06. The first-order valence-corrected chi connectivity index (χ1v) is 8.92. The van der Waals surface area contributed by atoms with E-state index < -0.39 is 18.0 Å². The van der Waals surface area contributed by atoms with Crippen molar-refractivity contribution in [3.8, 4) is 0 Å². The van der Waals surface area contributed by atoms with Crippen molar-refractivity contribution in [2.75, 3.05) is 25.5 Å². The molecule has 0 atom stereocenters. The predicted octanol–water partition coefficient (Wildman–Crippen LogP) is 0.859. The summed E-state index contributed by atoms with van der Waals surface area (Å²) in [5, 5.41) is 5.43. The minimum atomic E-state index is -0.566. The fraction of sp³-hybridized carbons (Fsp3) is 0.438. The molecular formula is C16H20N4O5S. The van der Waals surface area contributed by atoms with Gasteiger partial charge in [0, 0.05) is 11.4 Å². The van der Waals surface area contributed by atoms with Crippen molar-refractivity contribution in [1.29, 1.82) is 0 Å². The molecule has 2 amide bonds. The summed E-state index contributed by atoms with van der Waals surface area (Å²) in [6, 6.07) is 1.37. The number of urea groups is 1. The Balaban J connectivity index is 1.93. The number of hydrogen-bond acceptors (Lipinski definition) is 8. The SMILES string of the molecule is CCOC(=O)C1=C(COC(=O)CSc2nc(C)cc(C)n2)NC(=O)NC1. The summed E-state index contributed by atoms with van der Waals surface area (Å²) >= 11 is 1.16. The summed E-state index contributed by atoms with van der Waals surface area (Å²) < 4.78 is 10.1. The highest BCUT2D eigenvalue weighted by molar-refractivity contribution is 7.99. The van der Waals surface area contributed by atoms with Crippen molar-refractivity contribution in [1.82, 2.24) is 20.6 Å². The van der Waals surface area contributed by atoms with Gasteiger partial charge in [-0.2, -0.15) is 0 Å². The molecule has 2 N–H and O–H groups in total. The van der Waals surface area contributed by atoms with Crippen molar-refractivity contribution < 1.29 is 23.9 Å². The zero-order valence-electron chi connectivity index (χ0n) is 14.7. The van der Waals surface area contributed by atoms with Crippen molar-refractivity contribution in [2.24, 2.45) is 0 Å². The van der Waals surface area contributed by atoms with Crippen LogP contribution < -0.4 is 10.6 Å². The molecule has 0 saturated carbocycles. The number of aromatic nitrogens is 2. The number of nitrogens with one attached hydrogen (secondary N) is 2. The summed E-state index contributed by atoms with van der Waals surface area (Å²) in [7, 11) is 0. The van der Waals surface area contributed by atoms with Crippen molar-refractivity contribution >= 4 is 29.7 Å². The molecule has 0 saturated heterocycles. The van der Waals surface area contributed by atoms with Gasteiger partial charge >= 0.3 is 18.0 Å². The van der Waals surface area contributed by atoms with Gasteiger partial charge < -0.3 is 20.1 Å². The average molecular weight is 380 g/mol. The molecule has 140 valence electrons. The molecule has 0 aromatic carbocycles.